The predicted octanol–water partition coefficient (Wildman–Crippen LogP) is 0.115. The zero-order chi connectivity index (χ0) is 12.4. The number of amides is 1. The number of hydrogen-bond acceptors (Lipinski definition) is 6. The van der Waals surface area contributed by atoms with Gasteiger partial charge < -0.3 is 0 Å². The van der Waals surface area contributed by atoms with E-state index in [9.17, 15) is 4.79 Å². The zero-order valence-electron chi connectivity index (χ0n) is 9.83. The van der Waals surface area contributed by atoms with Crippen LogP contribution < -0.4 is 11.3 Å². The minimum absolute atomic E-state index is 0.160. The molecule has 1 saturated carbocycles. The van der Waals surface area contributed by atoms with Crippen molar-refractivity contribution in [2.75, 3.05) is 0 Å². The molecular weight excluding hydrogens is 240 g/mol. The van der Waals surface area contributed by atoms with Gasteiger partial charge in [0.2, 0.25) is 11.1 Å². The van der Waals surface area contributed by atoms with Gasteiger partial charge in [-0.1, -0.05) is 25.6 Å². The maximum atomic E-state index is 11.6. The molecule has 17 heavy (non-hydrogen) atoms. The van der Waals surface area contributed by atoms with Gasteiger partial charge >= 0.3 is 0 Å². The monoisotopic (exact) mass is 256 g/mol. The second-order valence-corrected chi connectivity index (χ2v) is 5.54. The Hall–Kier alpha value is -1.15. The lowest BCUT2D eigenvalue weighted by atomic mass is 10.1. The quantitative estimate of drug-likeness (QED) is 0.336. The number of carbonyl (C=O) groups is 1. The lowest BCUT2D eigenvalue weighted by Gasteiger charge is -2.17. The molecule has 1 aromatic heterocycles. The highest BCUT2D eigenvalue weighted by atomic mass is 32.2. The van der Waals surface area contributed by atoms with E-state index in [4.69, 9.17) is 5.84 Å². The third-order valence-corrected chi connectivity index (χ3v) is 4.09. The first kappa shape index (κ1) is 12.3. The van der Waals surface area contributed by atoms with Crippen molar-refractivity contribution in [2.45, 2.75) is 43.1 Å². The van der Waals surface area contributed by atoms with Gasteiger partial charge in [-0.25, -0.2) is 10.5 Å². The summed E-state index contributed by atoms with van der Waals surface area (Å²) in [5, 5.41) is 12.0. The number of hydrogen-bond donors (Lipinski definition) is 2. The Labute approximate surface area is 103 Å². The summed E-state index contributed by atoms with van der Waals surface area (Å²) in [6.07, 6.45) is 2.21. The molecule has 0 saturated heterocycles. The molecule has 0 radical (unpaired) electrons. The first-order valence-electron chi connectivity index (χ1n) is 5.58. The number of thioether (sulfide) groups is 1. The molecule has 8 heteroatoms. The van der Waals surface area contributed by atoms with Crippen molar-refractivity contribution < 1.29 is 4.79 Å². The number of aromatic nitrogens is 4. The van der Waals surface area contributed by atoms with Crippen LogP contribution in [0.1, 0.15) is 32.7 Å². The molecule has 0 aliphatic heterocycles. The molecule has 0 aromatic carbocycles. The molecule has 1 aromatic rings. The van der Waals surface area contributed by atoms with E-state index >= 15 is 0 Å². The number of nitrogens with two attached hydrogens (primary N) is 1. The number of tetrazole rings is 1. The normalized spacial score (nSPS) is 17.2. The lowest BCUT2D eigenvalue weighted by Crippen LogP contribution is -2.40. The first-order valence-corrected chi connectivity index (χ1v) is 6.46. The molecule has 2 rings (SSSR count). The molecule has 1 aliphatic rings. The summed E-state index contributed by atoms with van der Waals surface area (Å²) in [6.45, 7) is 3.94. The van der Waals surface area contributed by atoms with Gasteiger partial charge in [0.1, 0.15) is 0 Å². The van der Waals surface area contributed by atoms with Crippen molar-refractivity contribution in [1.82, 2.24) is 25.6 Å². The first-order chi connectivity index (χ1) is 8.13. The van der Waals surface area contributed by atoms with Crippen LogP contribution >= 0.6 is 11.8 Å². The van der Waals surface area contributed by atoms with Crippen molar-refractivity contribution in [3.63, 3.8) is 0 Å². The number of nitrogens with one attached hydrogen (secondary N) is 1. The molecule has 3 N–H and O–H groups in total. The topological polar surface area (TPSA) is 98.7 Å². The van der Waals surface area contributed by atoms with Gasteiger partial charge in [-0.15, -0.1) is 5.10 Å². The molecule has 1 amide bonds. The maximum absolute atomic E-state index is 11.6. The van der Waals surface area contributed by atoms with Gasteiger partial charge in [-0.05, 0) is 29.2 Å². The molecular formula is C9H16N6OS. The number of rotatable bonds is 5. The Morgan fingerprint density at radius 1 is 1.59 bits per heavy atom. The maximum Gasteiger partial charge on any atom is 0.247 e. The van der Waals surface area contributed by atoms with E-state index in [1.54, 1.807) is 4.68 Å². The third-order valence-electron chi connectivity index (χ3n) is 2.59. The number of hydrazine groups is 1. The van der Waals surface area contributed by atoms with Crippen LogP contribution in [0.4, 0.5) is 0 Å². The average Bonchev–Trinajstić information content (AvgIpc) is 3.04. The molecule has 7 nitrogen and oxygen atoms in total. The van der Waals surface area contributed by atoms with Gasteiger partial charge in [0, 0.05) is 0 Å². The third kappa shape index (κ3) is 2.75. The van der Waals surface area contributed by atoms with Gasteiger partial charge in [-0.2, -0.15) is 0 Å². The van der Waals surface area contributed by atoms with E-state index in [1.165, 1.54) is 11.8 Å². The SMILES string of the molecule is CC(C)C(Sc1nnnn1C1CC1)C(=O)NN. The van der Waals surface area contributed by atoms with Gasteiger partial charge in [0.05, 0.1) is 11.3 Å². The van der Waals surface area contributed by atoms with Crippen LogP contribution in [-0.2, 0) is 4.79 Å². The number of carbonyl (C=O) groups excluding carboxylic acids is 1. The van der Waals surface area contributed by atoms with Crippen LogP contribution in [0.2, 0.25) is 0 Å². The molecule has 94 valence electrons. The largest absolute Gasteiger partial charge is 0.293 e. The van der Waals surface area contributed by atoms with Crippen molar-refractivity contribution >= 4 is 17.7 Å². The highest BCUT2D eigenvalue weighted by Crippen LogP contribution is 2.37. The van der Waals surface area contributed by atoms with Crippen molar-refractivity contribution in [3.05, 3.63) is 0 Å². The standard InChI is InChI=1S/C9H16N6OS/c1-5(2)7(8(16)11-10)17-9-12-13-14-15(9)6-3-4-6/h5-7H,3-4,10H2,1-2H3,(H,11,16). The Morgan fingerprint density at radius 2 is 2.29 bits per heavy atom. The fourth-order valence-electron chi connectivity index (χ4n) is 1.50. The fourth-order valence-corrected chi connectivity index (χ4v) is 2.55. The highest BCUT2D eigenvalue weighted by molar-refractivity contribution is 8.00. The summed E-state index contributed by atoms with van der Waals surface area (Å²) in [4.78, 5) is 11.6. The average molecular weight is 256 g/mol. The molecule has 1 atom stereocenters. The summed E-state index contributed by atoms with van der Waals surface area (Å²) in [5.41, 5.74) is 2.19. The van der Waals surface area contributed by atoms with Gasteiger partial charge in [0.25, 0.3) is 0 Å². The Kier molecular flexibility index (Phi) is 3.63. The molecule has 1 heterocycles. The lowest BCUT2D eigenvalue weighted by molar-refractivity contribution is -0.121. The van der Waals surface area contributed by atoms with Crippen LogP contribution in [0, 0.1) is 5.92 Å². The van der Waals surface area contributed by atoms with Crippen molar-refractivity contribution in [2.24, 2.45) is 11.8 Å². The van der Waals surface area contributed by atoms with Crippen LogP contribution in [0.25, 0.3) is 0 Å². The Bertz CT molecular complexity index is 402. The second kappa shape index (κ2) is 5.01. The van der Waals surface area contributed by atoms with Crippen molar-refractivity contribution in [1.29, 1.82) is 0 Å². The molecule has 0 spiro atoms. The van der Waals surface area contributed by atoms with E-state index in [2.05, 4.69) is 21.0 Å². The molecule has 1 aliphatic carbocycles. The highest BCUT2D eigenvalue weighted by Gasteiger charge is 2.31. The van der Waals surface area contributed by atoms with Gasteiger partial charge in [0.15, 0.2) is 0 Å². The van der Waals surface area contributed by atoms with E-state index in [0.717, 1.165) is 12.8 Å². The smallest absolute Gasteiger partial charge is 0.247 e. The molecule has 1 unspecified atom stereocenters. The second-order valence-electron chi connectivity index (χ2n) is 4.43. The van der Waals surface area contributed by atoms with Crippen LogP contribution in [0.15, 0.2) is 5.16 Å². The minimum Gasteiger partial charge on any atom is -0.293 e. The minimum atomic E-state index is -0.275. The Morgan fingerprint density at radius 3 is 2.82 bits per heavy atom. The Balaban J connectivity index is 2.11. The summed E-state index contributed by atoms with van der Waals surface area (Å²) in [7, 11) is 0. The van der Waals surface area contributed by atoms with Crippen LogP contribution in [0.5, 0.6) is 0 Å². The van der Waals surface area contributed by atoms with E-state index in [0.29, 0.717) is 11.2 Å². The van der Waals surface area contributed by atoms with E-state index < -0.39 is 0 Å². The van der Waals surface area contributed by atoms with E-state index in [1.807, 2.05) is 13.8 Å². The molecule has 0 bridgehead atoms. The summed E-state index contributed by atoms with van der Waals surface area (Å²) in [6, 6.07) is 0.404. The summed E-state index contributed by atoms with van der Waals surface area (Å²) in [5.74, 6) is 5.14. The predicted molar refractivity (Wildman–Crippen MR) is 62.9 cm³/mol. The number of nitrogens with zero attached hydrogens (tertiary/aromatic N) is 4. The summed E-state index contributed by atoms with van der Waals surface area (Å²) >= 11 is 1.37. The summed E-state index contributed by atoms with van der Waals surface area (Å²) < 4.78 is 1.80. The van der Waals surface area contributed by atoms with E-state index in [-0.39, 0.29) is 17.1 Å². The van der Waals surface area contributed by atoms with Crippen molar-refractivity contribution in [3.8, 4) is 0 Å². The van der Waals surface area contributed by atoms with Gasteiger partial charge in [-0.3, -0.25) is 10.2 Å². The fraction of sp³-hybridized carbons (Fsp3) is 0.778. The molecule has 1 fully saturated rings. The zero-order valence-corrected chi connectivity index (χ0v) is 10.6. The van der Waals surface area contributed by atoms with Crippen LogP contribution in [0.3, 0.4) is 0 Å². The van der Waals surface area contributed by atoms with Crippen LogP contribution in [-0.4, -0.2) is 31.4 Å².